The molecule has 108 valence electrons. The number of rotatable bonds is 3. The van der Waals surface area contributed by atoms with E-state index in [2.05, 4.69) is 5.32 Å². The van der Waals surface area contributed by atoms with E-state index in [0.717, 1.165) is 0 Å². The van der Waals surface area contributed by atoms with Crippen molar-refractivity contribution in [2.45, 2.75) is 0 Å². The van der Waals surface area contributed by atoms with Crippen LogP contribution >= 0.6 is 23.2 Å². The summed E-state index contributed by atoms with van der Waals surface area (Å²) >= 11 is 11.6. The molecule has 0 saturated carbocycles. The minimum absolute atomic E-state index is 0.0323. The summed E-state index contributed by atoms with van der Waals surface area (Å²) in [7, 11) is 0. The molecule has 0 unspecified atom stereocenters. The predicted octanol–water partition coefficient (Wildman–Crippen LogP) is 3.86. The van der Waals surface area contributed by atoms with Crippen LogP contribution in [-0.2, 0) is 0 Å². The molecule has 2 aromatic rings. The van der Waals surface area contributed by atoms with Gasteiger partial charge in [-0.15, -0.1) is 0 Å². The molecule has 0 radical (unpaired) electrons. The van der Waals surface area contributed by atoms with Crippen molar-refractivity contribution in [2.24, 2.45) is 0 Å². The van der Waals surface area contributed by atoms with Crippen LogP contribution in [0.25, 0.3) is 0 Å². The summed E-state index contributed by atoms with van der Waals surface area (Å²) in [6.45, 7) is 0. The van der Waals surface area contributed by atoms with Crippen LogP contribution in [0.1, 0.15) is 10.4 Å². The second-order valence-corrected chi connectivity index (χ2v) is 4.80. The molecule has 0 aliphatic carbocycles. The smallest absolute Gasteiger partial charge is 0.288 e. The van der Waals surface area contributed by atoms with E-state index in [0.29, 0.717) is 5.69 Å². The number of phenolic OH excluding ortho intramolecular Hbond substituents is 1. The van der Waals surface area contributed by atoms with Gasteiger partial charge in [-0.2, -0.15) is 0 Å². The average molecular weight is 327 g/mol. The van der Waals surface area contributed by atoms with Crippen molar-refractivity contribution >= 4 is 40.5 Å². The van der Waals surface area contributed by atoms with E-state index in [1.807, 2.05) is 0 Å². The highest BCUT2D eigenvalue weighted by Gasteiger charge is 2.20. The van der Waals surface area contributed by atoms with Gasteiger partial charge in [0, 0.05) is 11.8 Å². The minimum atomic E-state index is -0.670. The molecule has 21 heavy (non-hydrogen) atoms. The van der Waals surface area contributed by atoms with Crippen molar-refractivity contribution in [3.8, 4) is 5.75 Å². The number of nitro groups is 1. The summed E-state index contributed by atoms with van der Waals surface area (Å²) in [5.74, 6) is -0.742. The normalized spacial score (nSPS) is 10.2. The molecule has 1 amide bonds. The fraction of sp³-hybridized carbons (Fsp3) is 0. The molecule has 0 atom stereocenters. The number of nitro benzene ring substituents is 1. The first kappa shape index (κ1) is 15.1. The number of carbonyl (C=O) groups is 1. The molecule has 8 heteroatoms. The first-order valence-electron chi connectivity index (χ1n) is 5.63. The van der Waals surface area contributed by atoms with E-state index in [9.17, 15) is 20.0 Å². The van der Waals surface area contributed by atoms with Gasteiger partial charge >= 0.3 is 0 Å². The van der Waals surface area contributed by atoms with Gasteiger partial charge in [0.05, 0.1) is 15.5 Å². The van der Waals surface area contributed by atoms with Gasteiger partial charge in [0.15, 0.2) is 0 Å². The van der Waals surface area contributed by atoms with Crippen molar-refractivity contribution < 1.29 is 14.8 Å². The molecule has 2 aromatic carbocycles. The fourth-order valence-corrected chi connectivity index (χ4v) is 2.08. The van der Waals surface area contributed by atoms with Gasteiger partial charge in [-0.1, -0.05) is 29.3 Å². The molecule has 0 aromatic heterocycles. The molecule has 0 aliphatic rings. The maximum absolute atomic E-state index is 12.1. The fourth-order valence-electron chi connectivity index (χ4n) is 1.62. The zero-order valence-corrected chi connectivity index (χ0v) is 11.9. The summed E-state index contributed by atoms with van der Waals surface area (Å²) in [5, 5.41) is 22.4. The molecule has 0 bridgehead atoms. The van der Waals surface area contributed by atoms with Gasteiger partial charge in [-0.05, 0) is 24.3 Å². The number of nitrogens with zero attached hydrogens (tertiary/aromatic N) is 1. The van der Waals surface area contributed by atoms with Gasteiger partial charge < -0.3 is 10.4 Å². The van der Waals surface area contributed by atoms with Crippen LogP contribution in [0, 0.1) is 10.1 Å². The summed E-state index contributed by atoms with van der Waals surface area (Å²) in [6.07, 6.45) is 0. The van der Waals surface area contributed by atoms with Crippen LogP contribution in [-0.4, -0.2) is 15.9 Å². The number of carbonyl (C=O) groups excluding carboxylic acids is 1. The third-order valence-corrected chi connectivity index (χ3v) is 3.33. The molecular weight excluding hydrogens is 319 g/mol. The van der Waals surface area contributed by atoms with Crippen molar-refractivity contribution in [3.63, 3.8) is 0 Å². The molecule has 0 aliphatic heterocycles. The third-order valence-electron chi connectivity index (χ3n) is 2.63. The predicted molar refractivity (Wildman–Crippen MR) is 79.2 cm³/mol. The highest BCUT2D eigenvalue weighted by molar-refractivity contribution is 6.36. The zero-order valence-electron chi connectivity index (χ0n) is 10.3. The Labute approximate surface area is 129 Å². The summed E-state index contributed by atoms with van der Waals surface area (Å²) in [4.78, 5) is 22.2. The van der Waals surface area contributed by atoms with Gasteiger partial charge in [0.25, 0.3) is 11.6 Å². The molecule has 2 rings (SSSR count). The van der Waals surface area contributed by atoms with Crippen molar-refractivity contribution in [2.75, 3.05) is 5.32 Å². The maximum atomic E-state index is 12.1. The van der Waals surface area contributed by atoms with Crippen LogP contribution in [0.4, 0.5) is 11.4 Å². The average Bonchev–Trinajstić information content (AvgIpc) is 2.42. The van der Waals surface area contributed by atoms with Gasteiger partial charge in [-0.3, -0.25) is 14.9 Å². The van der Waals surface area contributed by atoms with E-state index >= 15 is 0 Å². The van der Waals surface area contributed by atoms with E-state index in [4.69, 9.17) is 23.2 Å². The first-order valence-corrected chi connectivity index (χ1v) is 6.38. The molecule has 0 fully saturated rings. The first-order chi connectivity index (χ1) is 9.90. The Morgan fingerprint density at radius 2 is 1.95 bits per heavy atom. The Kier molecular flexibility index (Phi) is 4.30. The highest BCUT2D eigenvalue weighted by atomic mass is 35.5. The molecule has 0 heterocycles. The van der Waals surface area contributed by atoms with Crippen LogP contribution in [0.2, 0.25) is 10.0 Å². The topological polar surface area (TPSA) is 92.5 Å². The number of hydrogen-bond donors (Lipinski definition) is 2. The van der Waals surface area contributed by atoms with Gasteiger partial charge in [0.2, 0.25) is 0 Å². The number of nitrogens with one attached hydrogen (secondary N) is 1. The Hall–Kier alpha value is -2.31. The number of hydrogen-bond acceptors (Lipinski definition) is 4. The zero-order chi connectivity index (χ0) is 15.6. The summed E-state index contributed by atoms with van der Waals surface area (Å²) < 4.78 is 0. The van der Waals surface area contributed by atoms with Gasteiger partial charge in [-0.25, -0.2) is 0 Å². The maximum Gasteiger partial charge on any atom is 0.288 e. The van der Waals surface area contributed by atoms with E-state index in [1.165, 1.54) is 36.4 Å². The molecule has 6 nitrogen and oxygen atoms in total. The second kappa shape index (κ2) is 5.99. The quantitative estimate of drug-likeness (QED) is 0.508. The monoisotopic (exact) mass is 326 g/mol. The summed E-state index contributed by atoms with van der Waals surface area (Å²) in [5.41, 5.74) is -0.0616. The van der Waals surface area contributed by atoms with Crippen LogP contribution in [0.3, 0.4) is 0 Å². The lowest BCUT2D eigenvalue weighted by Crippen LogP contribution is -2.13. The van der Waals surface area contributed by atoms with E-state index < -0.39 is 10.8 Å². The standard InChI is InChI=1S/C13H8Cl2N2O4/c14-9-6-7(4-5-11(9)18)16-13(19)8-2-1-3-10(12(8)15)17(20)21/h1-6,18H,(H,16,19). The second-order valence-electron chi connectivity index (χ2n) is 4.02. The number of amides is 1. The van der Waals surface area contributed by atoms with Crippen molar-refractivity contribution in [3.05, 3.63) is 62.1 Å². The van der Waals surface area contributed by atoms with Crippen molar-refractivity contribution in [1.82, 2.24) is 0 Å². The van der Waals surface area contributed by atoms with E-state index in [1.54, 1.807) is 0 Å². The Morgan fingerprint density at radius 3 is 2.57 bits per heavy atom. The summed E-state index contributed by atoms with van der Waals surface area (Å²) in [6, 6.07) is 8.03. The third kappa shape index (κ3) is 3.24. The van der Waals surface area contributed by atoms with Crippen molar-refractivity contribution in [1.29, 1.82) is 0 Å². The van der Waals surface area contributed by atoms with Crippen LogP contribution in [0.5, 0.6) is 5.75 Å². The molecular formula is C13H8Cl2N2O4. The number of anilines is 1. The Morgan fingerprint density at radius 1 is 1.24 bits per heavy atom. The highest BCUT2D eigenvalue weighted by Crippen LogP contribution is 2.29. The van der Waals surface area contributed by atoms with Gasteiger partial charge in [0.1, 0.15) is 10.8 Å². The number of benzene rings is 2. The lowest BCUT2D eigenvalue weighted by Gasteiger charge is -2.07. The van der Waals surface area contributed by atoms with Crippen LogP contribution in [0.15, 0.2) is 36.4 Å². The Balaban J connectivity index is 2.30. The SMILES string of the molecule is O=C(Nc1ccc(O)c(Cl)c1)c1cccc([N+](=O)[O-])c1Cl. The Bertz CT molecular complexity index is 734. The molecule has 2 N–H and O–H groups in total. The number of aromatic hydroxyl groups is 1. The molecule has 0 saturated heterocycles. The minimum Gasteiger partial charge on any atom is -0.506 e. The number of halogens is 2. The van der Waals surface area contributed by atoms with E-state index in [-0.39, 0.29) is 27.0 Å². The van der Waals surface area contributed by atoms with Crippen LogP contribution < -0.4 is 5.32 Å². The lowest BCUT2D eigenvalue weighted by atomic mass is 10.2. The largest absolute Gasteiger partial charge is 0.506 e. The number of phenols is 1. The molecule has 0 spiro atoms. The lowest BCUT2D eigenvalue weighted by molar-refractivity contribution is -0.384.